The Bertz CT molecular complexity index is 1140. The Morgan fingerprint density at radius 2 is 1.86 bits per heavy atom. The van der Waals surface area contributed by atoms with Crippen LogP contribution < -0.4 is 10.6 Å². The van der Waals surface area contributed by atoms with Crippen molar-refractivity contribution in [2.45, 2.75) is 20.3 Å². The summed E-state index contributed by atoms with van der Waals surface area (Å²) in [6.07, 6.45) is 3.87. The van der Waals surface area contributed by atoms with Crippen LogP contribution in [0.4, 0.5) is 17.2 Å². The van der Waals surface area contributed by atoms with Gasteiger partial charge in [0.2, 0.25) is 0 Å². The third-order valence-corrected chi connectivity index (χ3v) is 5.27. The Hall–Kier alpha value is -2.96. The van der Waals surface area contributed by atoms with E-state index in [1.807, 2.05) is 19.9 Å². The van der Waals surface area contributed by atoms with Crippen LogP contribution in [0.15, 0.2) is 47.7 Å². The van der Waals surface area contributed by atoms with Crippen LogP contribution in [0, 0.1) is 13.8 Å². The van der Waals surface area contributed by atoms with Crippen LogP contribution in [-0.2, 0) is 6.42 Å². The van der Waals surface area contributed by atoms with E-state index in [1.165, 1.54) is 0 Å². The molecule has 2 N–H and O–H groups in total. The molecule has 8 heteroatoms. The molecule has 1 amide bonds. The van der Waals surface area contributed by atoms with Crippen molar-refractivity contribution >= 4 is 52.1 Å². The van der Waals surface area contributed by atoms with Gasteiger partial charge in [-0.3, -0.25) is 4.79 Å². The maximum atomic E-state index is 12.6. The Balaban J connectivity index is 1.54. The van der Waals surface area contributed by atoms with Crippen LogP contribution >= 0.6 is 23.2 Å². The van der Waals surface area contributed by atoms with E-state index >= 15 is 0 Å². The van der Waals surface area contributed by atoms with E-state index in [-0.39, 0.29) is 5.91 Å². The second-order valence-electron chi connectivity index (χ2n) is 6.77. The van der Waals surface area contributed by atoms with Gasteiger partial charge in [-0.25, -0.2) is 15.0 Å². The average molecular weight is 426 g/mol. The summed E-state index contributed by atoms with van der Waals surface area (Å²) in [5.74, 6) is 0.863. The van der Waals surface area contributed by atoms with E-state index < -0.39 is 0 Å². The number of aromatic nitrogens is 2. The predicted molar refractivity (Wildman–Crippen MR) is 117 cm³/mol. The first-order valence-electron chi connectivity index (χ1n) is 8.93. The highest BCUT2D eigenvalue weighted by Crippen LogP contribution is 2.34. The number of amides is 1. The first-order chi connectivity index (χ1) is 13.9. The van der Waals surface area contributed by atoms with Crippen LogP contribution in [-0.4, -0.2) is 21.7 Å². The standard InChI is InChI=1S/C21H17Cl2N5O/c1-11-6-18(25-9-12(11)2)28-21(29)16-7-13-8-19(26-17(13)10-24-16)27-20-14(22)4-3-5-15(20)23/h3-7,9-10H,8H2,1-2H3,(H,26,27)(H,25,28,29). The van der Waals surface area contributed by atoms with Crippen LogP contribution in [0.1, 0.15) is 27.2 Å². The number of carbonyl (C=O) groups excluding carboxylic acids is 1. The van der Waals surface area contributed by atoms with Gasteiger partial charge in [-0.15, -0.1) is 0 Å². The van der Waals surface area contributed by atoms with Crippen LogP contribution in [0.5, 0.6) is 0 Å². The molecule has 1 aliphatic heterocycles. The number of nitrogens with one attached hydrogen (secondary N) is 2. The fourth-order valence-electron chi connectivity index (χ4n) is 2.93. The lowest BCUT2D eigenvalue weighted by Crippen LogP contribution is -2.15. The van der Waals surface area contributed by atoms with Crippen molar-refractivity contribution in [2.75, 3.05) is 10.6 Å². The molecule has 146 valence electrons. The summed E-state index contributed by atoms with van der Waals surface area (Å²) in [4.78, 5) is 25.6. The summed E-state index contributed by atoms with van der Waals surface area (Å²) in [5, 5.41) is 6.93. The number of halogens is 2. The minimum absolute atomic E-state index is 0.308. The number of hydrogen-bond donors (Lipinski definition) is 2. The smallest absolute Gasteiger partial charge is 0.275 e. The van der Waals surface area contributed by atoms with Gasteiger partial charge >= 0.3 is 0 Å². The molecule has 0 atom stereocenters. The second-order valence-corrected chi connectivity index (χ2v) is 7.58. The third-order valence-electron chi connectivity index (χ3n) is 4.66. The molecule has 1 aliphatic rings. The molecule has 0 radical (unpaired) electrons. The number of rotatable bonds is 3. The van der Waals surface area contributed by atoms with Gasteiger partial charge in [-0.05, 0) is 54.8 Å². The van der Waals surface area contributed by atoms with Gasteiger partial charge in [-0.1, -0.05) is 29.3 Å². The van der Waals surface area contributed by atoms with Gasteiger partial charge in [0.1, 0.15) is 23.0 Å². The lowest BCUT2D eigenvalue weighted by Gasteiger charge is -2.07. The number of fused-ring (bicyclic) bond motifs is 1. The summed E-state index contributed by atoms with van der Waals surface area (Å²) in [5.41, 5.74) is 4.66. The minimum Gasteiger partial charge on any atom is -0.342 e. The quantitative estimate of drug-likeness (QED) is 0.592. The summed E-state index contributed by atoms with van der Waals surface area (Å²) in [6, 6.07) is 8.82. The van der Waals surface area contributed by atoms with Crippen LogP contribution in [0.2, 0.25) is 10.0 Å². The maximum Gasteiger partial charge on any atom is 0.275 e. The largest absolute Gasteiger partial charge is 0.342 e. The van der Waals surface area contributed by atoms with E-state index in [2.05, 4.69) is 25.6 Å². The Kier molecular flexibility index (Phi) is 5.22. The number of para-hydroxylation sites is 1. The molecule has 3 heterocycles. The highest BCUT2D eigenvalue weighted by Gasteiger charge is 2.20. The average Bonchev–Trinajstić information content (AvgIpc) is 3.09. The first-order valence-corrected chi connectivity index (χ1v) is 9.68. The van der Waals surface area contributed by atoms with Crippen molar-refractivity contribution in [3.8, 4) is 0 Å². The van der Waals surface area contributed by atoms with Crippen molar-refractivity contribution in [2.24, 2.45) is 4.99 Å². The topological polar surface area (TPSA) is 79.3 Å². The highest BCUT2D eigenvalue weighted by molar-refractivity contribution is 6.39. The second kappa shape index (κ2) is 7.81. The molecular formula is C21H17Cl2N5O. The molecule has 0 fully saturated rings. The van der Waals surface area contributed by atoms with E-state index in [1.54, 1.807) is 36.7 Å². The molecule has 6 nitrogen and oxygen atoms in total. The number of amidine groups is 1. The van der Waals surface area contributed by atoms with Crippen molar-refractivity contribution in [1.82, 2.24) is 9.97 Å². The van der Waals surface area contributed by atoms with Crippen molar-refractivity contribution in [1.29, 1.82) is 0 Å². The molecule has 3 aromatic rings. The SMILES string of the molecule is Cc1cnc(NC(=O)c2cc3c(cn2)NC(=Nc2c(Cl)cccc2Cl)C3)cc1C. The van der Waals surface area contributed by atoms with E-state index in [0.717, 1.165) is 22.4 Å². The summed E-state index contributed by atoms with van der Waals surface area (Å²) in [6.45, 7) is 3.94. The molecule has 0 saturated heterocycles. The molecule has 29 heavy (non-hydrogen) atoms. The van der Waals surface area contributed by atoms with Crippen LogP contribution in [0.3, 0.4) is 0 Å². The summed E-state index contributed by atoms with van der Waals surface area (Å²) >= 11 is 12.4. The first kappa shape index (κ1) is 19.4. The Morgan fingerprint density at radius 1 is 1.10 bits per heavy atom. The fourth-order valence-corrected chi connectivity index (χ4v) is 3.41. The molecule has 4 rings (SSSR count). The molecule has 2 aromatic heterocycles. The number of carbonyl (C=O) groups is 1. The van der Waals surface area contributed by atoms with E-state index in [4.69, 9.17) is 23.2 Å². The normalized spacial score (nSPS) is 13.9. The zero-order valence-electron chi connectivity index (χ0n) is 15.8. The predicted octanol–water partition coefficient (Wildman–Crippen LogP) is 5.35. The number of anilines is 2. The number of aliphatic imine (C=N–C) groups is 1. The molecule has 0 saturated carbocycles. The zero-order valence-corrected chi connectivity index (χ0v) is 17.3. The van der Waals surface area contributed by atoms with Gasteiger partial charge in [0.05, 0.1) is 21.9 Å². The lowest BCUT2D eigenvalue weighted by atomic mass is 10.1. The molecule has 0 aliphatic carbocycles. The number of aryl methyl sites for hydroxylation is 2. The third kappa shape index (κ3) is 4.09. The van der Waals surface area contributed by atoms with E-state index in [0.29, 0.717) is 39.5 Å². The van der Waals surface area contributed by atoms with Gasteiger partial charge in [0, 0.05) is 12.6 Å². The summed E-state index contributed by atoms with van der Waals surface area (Å²) in [7, 11) is 0. The highest BCUT2D eigenvalue weighted by atomic mass is 35.5. The van der Waals surface area contributed by atoms with Gasteiger partial charge in [-0.2, -0.15) is 0 Å². The van der Waals surface area contributed by atoms with Gasteiger partial charge in [0.25, 0.3) is 5.91 Å². The Morgan fingerprint density at radius 3 is 2.59 bits per heavy atom. The van der Waals surface area contributed by atoms with Crippen LogP contribution in [0.25, 0.3) is 0 Å². The maximum absolute atomic E-state index is 12.6. The molecule has 0 bridgehead atoms. The number of benzene rings is 1. The van der Waals surface area contributed by atoms with Gasteiger partial charge < -0.3 is 10.6 Å². The Labute approximate surface area is 178 Å². The minimum atomic E-state index is -0.317. The number of nitrogens with zero attached hydrogens (tertiary/aromatic N) is 3. The number of hydrogen-bond acceptors (Lipinski definition) is 4. The monoisotopic (exact) mass is 425 g/mol. The van der Waals surface area contributed by atoms with E-state index in [9.17, 15) is 4.79 Å². The molecule has 0 spiro atoms. The number of pyridine rings is 2. The molecular weight excluding hydrogens is 409 g/mol. The van der Waals surface area contributed by atoms with Crippen molar-refractivity contribution in [3.05, 3.63) is 75.2 Å². The fraction of sp³-hybridized carbons (Fsp3) is 0.143. The van der Waals surface area contributed by atoms with Crippen molar-refractivity contribution in [3.63, 3.8) is 0 Å². The van der Waals surface area contributed by atoms with Crippen molar-refractivity contribution < 1.29 is 4.79 Å². The zero-order chi connectivity index (χ0) is 20.5. The summed E-state index contributed by atoms with van der Waals surface area (Å²) < 4.78 is 0. The molecule has 1 aromatic carbocycles. The molecule has 0 unspecified atom stereocenters. The van der Waals surface area contributed by atoms with Gasteiger partial charge in [0.15, 0.2) is 0 Å². The lowest BCUT2D eigenvalue weighted by molar-refractivity contribution is 0.102.